The Hall–Kier alpha value is -0.590. The van der Waals surface area contributed by atoms with Crippen molar-refractivity contribution in [2.75, 3.05) is 24.6 Å². The van der Waals surface area contributed by atoms with Crippen LogP contribution in [-0.2, 0) is 13.1 Å². The van der Waals surface area contributed by atoms with E-state index in [1.807, 2.05) is 22.6 Å². The molecule has 0 amide bonds. The summed E-state index contributed by atoms with van der Waals surface area (Å²) >= 11 is 2.03. The van der Waals surface area contributed by atoms with Crippen molar-refractivity contribution in [1.29, 1.82) is 0 Å². The monoisotopic (exact) mass is 241 g/mol. The first kappa shape index (κ1) is 11.9. The summed E-state index contributed by atoms with van der Waals surface area (Å²) in [7, 11) is 0. The Labute approximate surface area is 100 Å². The third-order valence-corrected chi connectivity index (χ3v) is 4.00. The molecule has 1 atom stereocenters. The van der Waals surface area contributed by atoms with Crippen LogP contribution in [0.4, 0.5) is 0 Å². The summed E-state index contributed by atoms with van der Waals surface area (Å²) in [5.41, 5.74) is 6.52. The highest BCUT2D eigenvalue weighted by Crippen LogP contribution is 2.17. The average Bonchev–Trinajstić information content (AvgIpc) is 2.70. The number of aromatic nitrogens is 3. The Morgan fingerprint density at radius 1 is 1.62 bits per heavy atom. The quantitative estimate of drug-likeness (QED) is 0.814. The van der Waals surface area contributed by atoms with Gasteiger partial charge in [-0.1, -0.05) is 5.21 Å². The van der Waals surface area contributed by atoms with E-state index in [0.29, 0.717) is 12.6 Å². The Bertz CT molecular complexity index is 327. The lowest BCUT2D eigenvalue weighted by Gasteiger charge is -2.32. The van der Waals surface area contributed by atoms with E-state index in [4.69, 9.17) is 5.73 Å². The molecule has 5 nitrogen and oxygen atoms in total. The first-order chi connectivity index (χ1) is 7.79. The fourth-order valence-electron chi connectivity index (χ4n) is 1.86. The molecule has 90 valence electrons. The van der Waals surface area contributed by atoms with Crippen molar-refractivity contribution in [2.45, 2.75) is 26.1 Å². The number of rotatable bonds is 4. The van der Waals surface area contributed by atoms with Crippen LogP contribution in [0.5, 0.6) is 0 Å². The van der Waals surface area contributed by atoms with E-state index >= 15 is 0 Å². The Morgan fingerprint density at radius 2 is 2.50 bits per heavy atom. The summed E-state index contributed by atoms with van der Waals surface area (Å²) in [5, 5.41) is 8.22. The van der Waals surface area contributed by atoms with Crippen molar-refractivity contribution in [2.24, 2.45) is 5.73 Å². The van der Waals surface area contributed by atoms with Crippen LogP contribution in [0.3, 0.4) is 0 Å². The molecule has 1 aliphatic heterocycles. The minimum absolute atomic E-state index is 0.611. The molecule has 6 heteroatoms. The first-order valence-electron chi connectivity index (χ1n) is 5.70. The van der Waals surface area contributed by atoms with Crippen molar-refractivity contribution in [3.63, 3.8) is 0 Å². The van der Waals surface area contributed by atoms with Gasteiger partial charge in [0.25, 0.3) is 0 Å². The molecule has 1 aromatic heterocycles. The van der Waals surface area contributed by atoms with Gasteiger partial charge in [0, 0.05) is 43.4 Å². The van der Waals surface area contributed by atoms with E-state index in [1.165, 1.54) is 11.5 Å². The van der Waals surface area contributed by atoms with E-state index in [2.05, 4.69) is 22.1 Å². The zero-order chi connectivity index (χ0) is 11.4. The highest BCUT2D eigenvalue weighted by atomic mass is 32.2. The van der Waals surface area contributed by atoms with E-state index in [9.17, 15) is 0 Å². The Morgan fingerprint density at radius 3 is 3.25 bits per heavy atom. The smallest absolute Gasteiger partial charge is 0.0967 e. The Balaban J connectivity index is 1.91. The van der Waals surface area contributed by atoms with Crippen molar-refractivity contribution in [3.8, 4) is 0 Å². The van der Waals surface area contributed by atoms with Crippen LogP contribution >= 0.6 is 11.8 Å². The molecule has 1 fully saturated rings. The third kappa shape index (κ3) is 2.96. The van der Waals surface area contributed by atoms with Crippen molar-refractivity contribution in [1.82, 2.24) is 19.9 Å². The topological polar surface area (TPSA) is 60.0 Å². The molecule has 16 heavy (non-hydrogen) atoms. The summed E-state index contributed by atoms with van der Waals surface area (Å²) in [6.07, 6.45) is 2.00. The SMILES string of the molecule is CC1CSCCN1Cc1cn(CCN)nn1. The molecule has 0 bridgehead atoms. The van der Waals surface area contributed by atoms with Gasteiger partial charge in [-0.25, -0.2) is 0 Å². The highest BCUT2D eigenvalue weighted by molar-refractivity contribution is 7.99. The lowest BCUT2D eigenvalue weighted by atomic mass is 10.3. The van der Waals surface area contributed by atoms with Crippen LogP contribution in [0.25, 0.3) is 0 Å². The molecule has 0 aliphatic carbocycles. The minimum Gasteiger partial charge on any atom is -0.329 e. The van der Waals surface area contributed by atoms with Gasteiger partial charge in [-0.3, -0.25) is 9.58 Å². The number of thioether (sulfide) groups is 1. The predicted molar refractivity (Wildman–Crippen MR) is 66.3 cm³/mol. The molecule has 0 saturated carbocycles. The lowest BCUT2D eigenvalue weighted by Crippen LogP contribution is -2.39. The predicted octanol–water partition coefficient (Wildman–Crippen LogP) is 0.174. The summed E-state index contributed by atoms with van der Waals surface area (Å²) in [4.78, 5) is 2.47. The maximum atomic E-state index is 5.47. The molecule has 0 radical (unpaired) electrons. The minimum atomic E-state index is 0.611. The molecule has 1 aliphatic rings. The highest BCUT2D eigenvalue weighted by Gasteiger charge is 2.19. The van der Waals surface area contributed by atoms with Gasteiger partial charge in [-0.05, 0) is 6.92 Å². The van der Waals surface area contributed by atoms with Gasteiger partial charge in [0.2, 0.25) is 0 Å². The summed E-state index contributed by atoms with van der Waals surface area (Å²) in [5.74, 6) is 2.44. The van der Waals surface area contributed by atoms with Crippen LogP contribution in [0.15, 0.2) is 6.20 Å². The maximum Gasteiger partial charge on any atom is 0.0967 e. The molecule has 1 aromatic rings. The van der Waals surface area contributed by atoms with E-state index < -0.39 is 0 Å². The summed E-state index contributed by atoms with van der Waals surface area (Å²) in [6, 6.07) is 0.637. The van der Waals surface area contributed by atoms with Gasteiger partial charge >= 0.3 is 0 Å². The van der Waals surface area contributed by atoms with Crippen molar-refractivity contribution in [3.05, 3.63) is 11.9 Å². The second kappa shape index (κ2) is 5.65. The molecule has 2 rings (SSSR count). The molecular weight excluding hydrogens is 222 g/mol. The Kier molecular flexibility index (Phi) is 4.20. The van der Waals surface area contributed by atoms with Crippen LogP contribution in [-0.4, -0.2) is 50.5 Å². The van der Waals surface area contributed by atoms with E-state index in [-0.39, 0.29) is 0 Å². The first-order valence-corrected chi connectivity index (χ1v) is 6.86. The van der Waals surface area contributed by atoms with Gasteiger partial charge in [0.15, 0.2) is 0 Å². The van der Waals surface area contributed by atoms with Crippen molar-refractivity contribution < 1.29 is 0 Å². The molecule has 2 heterocycles. The average molecular weight is 241 g/mol. The number of hydrogen-bond donors (Lipinski definition) is 1. The van der Waals surface area contributed by atoms with Crippen LogP contribution < -0.4 is 5.73 Å². The van der Waals surface area contributed by atoms with Gasteiger partial charge in [0.1, 0.15) is 0 Å². The van der Waals surface area contributed by atoms with Crippen LogP contribution in [0, 0.1) is 0 Å². The molecule has 0 spiro atoms. The number of hydrogen-bond acceptors (Lipinski definition) is 5. The molecule has 0 aromatic carbocycles. The van der Waals surface area contributed by atoms with E-state index in [0.717, 1.165) is 25.3 Å². The fraction of sp³-hybridized carbons (Fsp3) is 0.800. The molecule has 1 unspecified atom stereocenters. The summed E-state index contributed by atoms with van der Waals surface area (Å²) in [6.45, 7) is 5.69. The summed E-state index contributed by atoms with van der Waals surface area (Å²) < 4.78 is 1.82. The van der Waals surface area contributed by atoms with Gasteiger partial charge < -0.3 is 5.73 Å². The largest absolute Gasteiger partial charge is 0.329 e. The standard InChI is InChI=1S/C10H19N5S/c1-9-8-16-5-4-14(9)6-10-7-15(3-2-11)13-12-10/h7,9H,2-6,8,11H2,1H3. The van der Waals surface area contributed by atoms with Gasteiger partial charge in [-0.15, -0.1) is 5.10 Å². The number of nitrogens with two attached hydrogens (primary N) is 1. The van der Waals surface area contributed by atoms with Gasteiger partial charge in [0.05, 0.1) is 12.2 Å². The molecular formula is C10H19N5S. The second-order valence-electron chi connectivity index (χ2n) is 4.16. The second-order valence-corrected chi connectivity index (χ2v) is 5.31. The molecule has 2 N–H and O–H groups in total. The van der Waals surface area contributed by atoms with Gasteiger partial charge in [-0.2, -0.15) is 11.8 Å². The van der Waals surface area contributed by atoms with Crippen LogP contribution in [0.1, 0.15) is 12.6 Å². The normalized spacial score (nSPS) is 22.5. The fourth-order valence-corrected chi connectivity index (χ4v) is 2.94. The third-order valence-electron chi connectivity index (χ3n) is 2.81. The van der Waals surface area contributed by atoms with Crippen LogP contribution in [0.2, 0.25) is 0 Å². The molecule has 1 saturated heterocycles. The zero-order valence-electron chi connectivity index (χ0n) is 9.67. The van der Waals surface area contributed by atoms with Crippen molar-refractivity contribution >= 4 is 11.8 Å². The van der Waals surface area contributed by atoms with E-state index in [1.54, 1.807) is 0 Å². The zero-order valence-corrected chi connectivity index (χ0v) is 10.5. The lowest BCUT2D eigenvalue weighted by molar-refractivity contribution is 0.221. The number of nitrogens with zero attached hydrogens (tertiary/aromatic N) is 4. The maximum absolute atomic E-state index is 5.47.